The number of anilines is 2. The van der Waals surface area contributed by atoms with E-state index in [-0.39, 0.29) is 0 Å². The maximum absolute atomic E-state index is 2.35. The molecule has 1 unspecified atom stereocenters. The van der Waals surface area contributed by atoms with E-state index in [9.17, 15) is 0 Å². The van der Waals surface area contributed by atoms with Crippen LogP contribution in [0.1, 0.15) is 18.9 Å². The molecule has 3 rings (SSSR count). The van der Waals surface area contributed by atoms with Crippen molar-refractivity contribution in [2.45, 2.75) is 20.3 Å². The number of allylic oxidation sites excluding steroid dienone is 3. The second-order valence-corrected chi connectivity index (χ2v) is 5.48. The molecule has 2 heteroatoms. The molecule has 94 valence electrons. The standard InChI is InChI=1S/C16H20N2/c1-11-5-7-13-15(9-11)17(3)14-8-6-12(2)10-16(14)18(13)4/h5-9,12H,10H2,1-4H3. The van der Waals surface area contributed by atoms with Gasteiger partial charge in [-0.05, 0) is 43.0 Å². The van der Waals surface area contributed by atoms with Crippen LogP contribution in [0.15, 0.2) is 41.7 Å². The fourth-order valence-electron chi connectivity index (χ4n) is 2.90. The van der Waals surface area contributed by atoms with Crippen LogP contribution < -0.4 is 9.80 Å². The van der Waals surface area contributed by atoms with Gasteiger partial charge in [-0.2, -0.15) is 0 Å². The first-order valence-electron chi connectivity index (χ1n) is 6.57. The van der Waals surface area contributed by atoms with Gasteiger partial charge in [0.1, 0.15) is 0 Å². The molecule has 0 N–H and O–H groups in total. The summed E-state index contributed by atoms with van der Waals surface area (Å²) in [5, 5.41) is 0. The van der Waals surface area contributed by atoms with E-state index in [4.69, 9.17) is 0 Å². The van der Waals surface area contributed by atoms with Crippen molar-refractivity contribution in [1.82, 2.24) is 0 Å². The number of fused-ring (bicyclic) bond motifs is 1. The molecule has 2 nitrogen and oxygen atoms in total. The zero-order valence-corrected chi connectivity index (χ0v) is 11.6. The third-order valence-electron chi connectivity index (χ3n) is 4.01. The summed E-state index contributed by atoms with van der Waals surface area (Å²) in [5.74, 6) is 0.631. The number of nitrogens with zero attached hydrogens (tertiary/aromatic N) is 2. The molecule has 0 radical (unpaired) electrons. The van der Waals surface area contributed by atoms with E-state index in [2.05, 4.69) is 68.1 Å². The Bertz CT molecular complexity index is 554. The van der Waals surface area contributed by atoms with Crippen molar-refractivity contribution >= 4 is 11.4 Å². The van der Waals surface area contributed by atoms with Crippen molar-refractivity contribution in [2.75, 3.05) is 23.9 Å². The van der Waals surface area contributed by atoms with Gasteiger partial charge in [0.15, 0.2) is 0 Å². The number of hydrogen-bond acceptors (Lipinski definition) is 2. The van der Waals surface area contributed by atoms with E-state index >= 15 is 0 Å². The van der Waals surface area contributed by atoms with Crippen LogP contribution in [-0.4, -0.2) is 14.1 Å². The SMILES string of the molecule is Cc1ccc2c(c1)N(C)C1=C(CC(C)C=C1)N2C. The molecular weight excluding hydrogens is 220 g/mol. The Hall–Kier alpha value is -1.70. The lowest BCUT2D eigenvalue weighted by atomic mass is 9.94. The van der Waals surface area contributed by atoms with Crippen LogP contribution in [0.5, 0.6) is 0 Å². The third kappa shape index (κ3) is 1.56. The van der Waals surface area contributed by atoms with Crippen LogP contribution in [0, 0.1) is 12.8 Å². The van der Waals surface area contributed by atoms with Crippen molar-refractivity contribution in [3.8, 4) is 0 Å². The average Bonchev–Trinajstić information content (AvgIpc) is 2.36. The average molecular weight is 240 g/mol. The van der Waals surface area contributed by atoms with Gasteiger partial charge in [-0.1, -0.05) is 19.1 Å². The highest BCUT2D eigenvalue weighted by molar-refractivity contribution is 5.80. The van der Waals surface area contributed by atoms with Crippen LogP contribution in [0.2, 0.25) is 0 Å². The molecule has 2 aliphatic rings. The van der Waals surface area contributed by atoms with Gasteiger partial charge >= 0.3 is 0 Å². The first-order valence-corrected chi connectivity index (χ1v) is 6.57. The number of aryl methyl sites for hydroxylation is 1. The largest absolute Gasteiger partial charge is 0.345 e. The maximum atomic E-state index is 2.35. The van der Waals surface area contributed by atoms with Crippen LogP contribution >= 0.6 is 0 Å². The van der Waals surface area contributed by atoms with E-state index in [0.29, 0.717) is 5.92 Å². The van der Waals surface area contributed by atoms with Crippen molar-refractivity contribution in [3.63, 3.8) is 0 Å². The number of likely N-dealkylation sites (N-methyl/N-ethyl adjacent to an activating group) is 1. The van der Waals surface area contributed by atoms with Gasteiger partial charge in [0, 0.05) is 19.8 Å². The summed E-state index contributed by atoms with van der Waals surface area (Å²) in [5.41, 5.74) is 6.70. The van der Waals surface area contributed by atoms with Crippen LogP contribution in [0.4, 0.5) is 11.4 Å². The molecule has 0 saturated carbocycles. The summed E-state index contributed by atoms with van der Waals surface area (Å²) in [7, 11) is 4.35. The lowest BCUT2D eigenvalue weighted by molar-refractivity contribution is 0.673. The van der Waals surface area contributed by atoms with Crippen LogP contribution in [0.25, 0.3) is 0 Å². The zero-order chi connectivity index (χ0) is 12.9. The van der Waals surface area contributed by atoms with E-state index < -0.39 is 0 Å². The fraction of sp³-hybridized carbons (Fsp3) is 0.375. The first kappa shape index (κ1) is 11.4. The molecule has 0 spiro atoms. The molecule has 0 amide bonds. The summed E-state index contributed by atoms with van der Waals surface area (Å²) >= 11 is 0. The van der Waals surface area contributed by atoms with Gasteiger partial charge < -0.3 is 9.80 Å². The van der Waals surface area contributed by atoms with Gasteiger partial charge in [0.05, 0.1) is 17.1 Å². The number of benzene rings is 1. The minimum atomic E-state index is 0.631. The van der Waals surface area contributed by atoms with Crippen LogP contribution in [-0.2, 0) is 0 Å². The fourth-order valence-corrected chi connectivity index (χ4v) is 2.90. The van der Waals surface area contributed by atoms with E-state index in [1.165, 1.54) is 28.3 Å². The quantitative estimate of drug-likeness (QED) is 0.682. The summed E-state index contributed by atoms with van der Waals surface area (Å²) < 4.78 is 0. The highest BCUT2D eigenvalue weighted by atomic mass is 15.2. The highest BCUT2D eigenvalue weighted by Crippen LogP contribution is 2.42. The number of hydrogen-bond donors (Lipinski definition) is 0. The Balaban J connectivity index is 2.14. The topological polar surface area (TPSA) is 6.48 Å². The van der Waals surface area contributed by atoms with Gasteiger partial charge in [-0.15, -0.1) is 0 Å². The molecule has 0 fully saturated rings. The predicted molar refractivity (Wildman–Crippen MR) is 77.9 cm³/mol. The molecule has 1 aliphatic carbocycles. The summed E-state index contributed by atoms with van der Waals surface area (Å²) in [4.78, 5) is 4.67. The van der Waals surface area contributed by atoms with Gasteiger partial charge in [-0.25, -0.2) is 0 Å². The Kier molecular flexibility index (Phi) is 2.47. The minimum Gasteiger partial charge on any atom is -0.345 e. The second kappa shape index (κ2) is 3.91. The molecule has 1 heterocycles. The maximum Gasteiger partial charge on any atom is 0.0652 e. The molecule has 0 aromatic heterocycles. The van der Waals surface area contributed by atoms with E-state index in [1.807, 2.05) is 0 Å². The first-order chi connectivity index (χ1) is 8.58. The predicted octanol–water partition coefficient (Wildman–Crippen LogP) is 3.69. The molecule has 1 aromatic carbocycles. The minimum absolute atomic E-state index is 0.631. The Morgan fingerprint density at radius 1 is 1.11 bits per heavy atom. The lowest BCUT2D eigenvalue weighted by Gasteiger charge is -2.40. The van der Waals surface area contributed by atoms with Gasteiger partial charge in [-0.3, -0.25) is 0 Å². The van der Waals surface area contributed by atoms with Crippen LogP contribution in [0.3, 0.4) is 0 Å². The third-order valence-corrected chi connectivity index (χ3v) is 4.01. The Morgan fingerprint density at radius 2 is 1.89 bits per heavy atom. The molecular formula is C16H20N2. The molecule has 1 aromatic rings. The second-order valence-electron chi connectivity index (χ2n) is 5.48. The summed E-state index contributed by atoms with van der Waals surface area (Å²) in [6.07, 6.45) is 5.70. The van der Waals surface area contributed by atoms with E-state index in [1.54, 1.807) is 0 Å². The van der Waals surface area contributed by atoms with Crippen molar-refractivity contribution in [1.29, 1.82) is 0 Å². The van der Waals surface area contributed by atoms with Gasteiger partial charge in [0.25, 0.3) is 0 Å². The molecule has 18 heavy (non-hydrogen) atoms. The normalized spacial score (nSPS) is 22.1. The summed E-state index contributed by atoms with van der Waals surface area (Å²) in [6.45, 7) is 4.43. The monoisotopic (exact) mass is 240 g/mol. The van der Waals surface area contributed by atoms with Crippen molar-refractivity contribution in [3.05, 3.63) is 47.3 Å². The zero-order valence-electron chi connectivity index (χ0n) is 11.6. The highest BCUT2D eigenvalue weighted by Gasteiger charge is 2.27. The molecule has 1 aliphatic heterocycles. The molecule has 0 saturated heterocycles. The van der Waals surface area contributed by atoms with Gasteiger partial charge in [0.2, 0.25) is 0 Å². The number of rotatable bonds is 0. The molecule has 1 atom stereocenters. The Labute approximate surface area is 109 Å². The van der Waals surface area contributed by atoms with Crippen molar-refractivity contribution < 1.29 is 0 Å². The van der Waals surface area contributed by atoms with Crippen molar-refractivity contribution in [2.24, 2.45) is 5.92 Å². The summed E-state index contributed by atoms with van der Waals surface area (Å²) in [6, 6.07) is 6.69. The Morgan fingerprint density at radius 3 is 2.67 bits per heavy atom. The molecule has 0 bridgehead atoms. The van der Waals surface area contributed by atoms with E-state index in [0.717, 1.165) is 6.42 Å². The lowest BCUT2D eigenvalue weighted by Crippen LogP contribution is -2.33. The smallest absolute Gasteiger partial charge is 0.0652 e.